The summed E-state index contributed by atoms with van der Waals surface area (Å²) in [5.41, 5.74) is 2.32. The molecule has 0 aromatic carbocycles. The van der Waals surface area contributed by atoms with E-state index in [4.69, 9.17) is 5.84 Å². The van der Waals surface area contributed by atoms with Crippen molar-refractivity contribution in [1.82, 2.24) is 4.98 Å². The normalized spacial score (nSPS) is 11.9. The Hall–Kier alpha value is -1.89. The van der Waals surface area contributed by atoms with E-state index in [2.05, 4.69) is 22.7 Å². The second-order valence-corrected chi connectivity index (χ2v) is 3.80. The van der Waals surface area contributed by atoms with Crippen molar-refractivity contribution in [3.05, 3.63) is 22.2 Å². The van der Waals surface area contributed by atoms with E-state index < -0.39 is 4.92 Å². The van der Waals surface area contributed by atoms with Gasteiger partial charge in [0.15, 0.2) is 0 Å². The molecular weight excluding hydrogens is 222 g/mol. The monoisotopic (exact) mass is 239 g/mol. The topological polar surface area (TPSA) is 106 Å². The number of aromatic nitrogens is 1. The van der Waals surface area contributed by atoms with E-state index >= 15 is 0 Å². The molecule has 1 rings (SSSR count). The zero-order valence-corrected chi connectivity index (χ0v) is 9.93. The minimum Gasteiger partial charge on any atom is -0.362 e. The first-order valence-electron chi connectivity index (χ1n) is 5.47. The SMILES string of the molecule is CCCC(C)Nc1nc(NN)ccc1[N+](=O)[O-]. The number of nitrogens with two attached hydrogens (primary N) is 1. The predicted molar refractivity (Wildman–Crippen MR) is 66.7 cm³/mol. The molecule has 0 saturated heterocycles. The molecular formula is C10H17N5O2. The molecule has 0 aliphatic heterocycles. The highest BCUT2D eigenvalue weighted by Gasteiger charge is 2.17. The Labute approximate surface area is 99.5 Å². The lowest BCUT2D eigenvalue weighted by molar-refractivity contribution is -0.384. The molecule has 94 valence electrons. The van der Waals surface area contributed by atoms with Crippen LogP contribution in [0.25, 0.3) is 0 Å². The number of nitrogen functional groups attached to an aromatic ring is 1. The largest absolute Gasteiger partial charge is 0.362 e. The molecule has 0 bridgehead atoms. The summed E-state index contributed by atoms with van der Waals surface area (Å²) in [4.78, 5) is 14.4. The number of nitrogens with zero attached hydrogens (tertiary/aromatic N) is 2. The highest BCUT2D eigenvalue weighted by Crippen LogP contribution is 2.24. The van der Waals surface area contributed by atoms with Crippen LogP contribution in [0, 0.1) is 10.1 Å². The fourth-order valence-corrected chi connectivity index (χ4v) is 1.52. The Balaban J connectivity index is 2.96. The van der Waals surface area contributed by atoms with Crippen LogP contribution in [0.2, 0.25) is 0 Å². The van der Waals surface area contributed by atoms with Crippen LogP contribution in [0.3, 0.4) is 0 Å². The van der Waals surface area contributed by atoms with Crippen molar-refractivity contribution in [2.45, 2.75) is 32.7 Å². The molecule has 17 heavy (non-hydrogen) atoms. The van der Waals surface area contributed by atoms with Crippen LogP contribution in [0.5, 0.6) is 0 Å². The molecule has 0 fully saturated rings. The summed E-state index contributed by atoms with van der Waals surface area (Å²) in [6, 6.07) is 2.97. The maximum atomic E-state index is 10.8. The minimum absolute atomic E-state index is 0.0491. The first-order chi connectivity index (χ1) is 8.08. The van der Waals surface area contributed by atoms with Crippen LogP contribution >= 0.6 is 0 Å². The average molecular weight is 239 g/mol. The van der Waals surface area contributed by atoms with Crippen LogP contribution in [0.4, 0.5) is 17.3 Å². The van der Waals surface area contributed by atoms with Crippen molar-refractivity contribution in [3.8, 4) is 0 Å². The summed E-state index contributed by atoms with van der Waals surface area (Å²) >= 11 is 0. The zero-order chi connectivity index (χ0) is 12.8. The molecule has 7 nitrogen and oxygen atoms in total. The highest BCUT2D eigenvalue weighted by atomic mass is 16.6. The van der Waals surface area contributed by atoms with Gasteiger partial charge >= 0.3 is 5.69 Å². The Bertz CT molecular complexity index is 396. The van der Waals surface area contributed by atoms with E-state index in [-0.39, 0.29) is 17.5 Å². The highest BCUT2D eigenvalue weighted by molar-refractivity contribution is 5.60. The van der Waals surface area contributed by atoms with Crippen molar-refractivity contribution in [3.63, 3.8) is 0 Å². The molecule has 1 atom stereocenters. The van der Waals surface area contributed by atoms with Crippen molar-refractivity contribution >= 4 is 17.3 Å². The van der Waals surface area contributed by atoms with E-state index in [0.717, 1.165) is 12.8 Å². The smallest absolute Gasteiger partial charge is 0.311 e. The van der Waals surface area contributed by atoms with E-state index in [1.807, 2.05) is 6.92 Å². The lowest BCUT2D eigenvalue weighted by Crippen LogP contribution is -2.18. The quantitative estimate of drug-likeness (QED) is 0.397. The Kier molecular flexibility index (Phi) is 4.65. The number of nitro groups is 1. The number of hydrogen-bond donors (Lipinski definition) is 3. The fraction of sp³-hybridized carbons (Fsp3) is 0.500. The number of hydrogen-bond acceptors (Lipinski definition) is 6. The third-order valence-electron chi connectivity index (χ3n) is 2.32. The number of anilines is 2. The van der Waals surface area contributed by atoms with Crippen LogP contribution in [-0.4, -0.2) is 15.9 Å². The predicted octanol–water partition coefficient (Wildman–Crippen LogP) is 1.88. The molecule has 1 heterocycles. The van der Waals surface area contributed by atoms with Crippen molar-refractivity contribution in [1.29, 1.82) is 0 Å². The van der Waals surface area contributed by atoms with Gasteiger partial charge in [0.1, 0.15) is 5.82 Å². The zero-order valence-electron chi connectivity index (χ0n) is 9.93. The van der Waals surface area contributed by atoms with Crippen LogP contribution in [0.1, 0.15) is 26.7 Å². The molecule has 0 aliphatic rings. The van der Waals surface area contributed by atoms with Crippen molar-refractivity contribution < 1.29 is 4.92 Å². The Morgan fingerprint density at radius 2 is 2.29 bits per heavy atom. The Morgan fingerprint density at radius 1 is 1.59 bits per heavy atom. The van der Waals surface area contributed by atoms with Crippen LogP contribution in [-0.2, 0) is 0 Å². The average Bonchev–Trinajstić information content (AvgIpc) is 2.28. The van der Waals surface area contributed by atoms with Crippen LogP contribution in [0.15, 0.2) is 12.1 Å². The third kappa shape index (κ3) is 3.56. The summed E-state index contributed by atoms with van der Waals surface area (Å²) < 4.78 is 0. The second-order valence-electron chi connectivity index (χ2n) is 3.80. The van der Waals surface area contributed by atoms with Gasteiger partial charge in [-0.15, -0.1) is 0 Å². The number of pyridine rings is 1. The third-order valence-corrected chi connectivity index (χ3v) is 2.32. The lowest BCUT2D eigenvalue weighted by Gasteiger charge is -2.14. The van der Waals surface area contributed by atoms with Gasteiger partial charge in [-0.3, -0.25) is 10.1 Å². The molecule has 1 unspecified atom stereocenters. The van der Waals surface area contributed by atoms with Gasteiger partial charge < -0.3 is 10.7 Å². The van der Waals surface area contributed by atoms with E-state index in [0.29, 0.717) is 5.82 Å². The molecule has 4 N–H and O–H groups in total. The van der Waals surface area contributed by atoms with Gasteiger partial charge in [0.2, 0.25) is 5.82 Å². The first kappa shape index (κ1) is 13.2. The maximum Gasteiger partial charge on any atom is 0.311 e. The van der Waals surface area contributed by atoms with Gasteiger partial charge in [-0.25, -0.2) is 10.8 Å². The van der Waals surface area contributed by atoms with Gasteiger partial charge in [-0.2, -0.15) is 0 Å². The molecule has 0 aliphatic carbocycles. The molecule has 1 aromatic heterocycles. The summed E-state index contributed by atoms with van der Waals surface area (Å²) in [6.07, 6.45) is 1.91. The van der Waals surface area contributed by atoms with Gasteiger partial charge in [-0.05, 0) is 19.4 Å². The summed E-state index contributed by atoms with van der Waals surface area (Å²) in [5.74, 6) is 5.86. The Morgan fingerprint density at radius 3 is 2.82 bits per heavy atom. The van der Waals surface area contributed by atoms with Crippen molar-refractivity contribution in [2.24, 2.45) is 5.84 Å². The van der Waals surface area contributed by atoms with Crippen molar-refractivity contribution in [2.75, 3.05) is 10.7 Å². The standard InChI is InChI=1S/C10H17N5O2/c1-3-4-7(2)12-10-8(15(16)17)5-6-9(13-10)14-11/h5-7H,3-4,11H2,1-2H3,(H2,12,13,14). The molecule has 0 radical (unpaired) electrons. The number of rotatable bonds is 6. The van der Waals surface area contributed by atoms with E-state index in [9.17, 15) is 10.1 Å². The lowest BCUT2D eigenvalue weighted by atomic mass is 10.2. The molecule has 1 aromatic rings. The number of nitrogens with one attached hydrogen (secondary N) is 2. The van der Waals surface area contributed by atoms with E-state index in [1.165, 1.54) is 12.1 Å². The summed E-state index contributed by atoms with van der Waals surface area (Å²) in [6.45, 7) is 4.01. The number of hydrazine groups is 1. The second kappa shape index (κ2) is 6.00. The fourth-order valence-electron chi connectivity index (χ4n) is 1.52. The van der Waals surface area contributed by atoms with Gasteiger partial charge in [0, 0.05) is 12.1 Å². The van der Waals surface area contributed by atoms with E-state index in [1.54, 1.807) is 0 Å². The summed E-state index contributed by atoms with van der Waals surface area (Å²) in [5, 5.41) is 13.9. The van der Waals surface area contributed by atoms with Gasteiger partial charge in [0.05, 0.1) is 4.92 Å². The summed E-state index contributed by atoms with van der Waals surface area (Å²) in [7, 11) is 0. The first-order valence-corrected chi connectivity index (χ1v) is 5.47. The maximum absolute atomic E-state index is 10.8. The molecule has 0 amide bonds. The molecule has 0 spiro atoms. The molecule has 7 heteroatoms. The molecule has 0 saturated carbocycles. The minimum atomic E-state index is -0.464. The van der Waals surface area contributed by atoms with Gasteiger partial charge in [-0.1, -0.05) is 13.3 Å². The van der Waals surface area contributed by atoms with Crippen LogP contribution < -0.4 is 16.6 Å². The van der Waals surface area contributed by atoms with Gasteiger partial charge in [0.25, 0.3) is 0 Å².